The molecule has 0 radical (unpaired) electrons. The minimum Gasteiger partial charge on any atom is -0.334 e. The van der Waals surface area contributed by atoms with Gasteiger partial charge in [-0.2, -0.15) is 0 Å². The third-order valence-corrected chi connectivity index (χ3v) is 4.81. The summed E-state index contributed by atoms with van der Waals surface area (Å²) >= 11 is 0. The molecule has 1 amide bonds. The summed E-state index contributed by atoms with van der Waals surface area (Å²) in [5, 5.41) is 0.980. The van der Waals surface area contributed by atoms with E-state index in [-0.39, 0.29) is 11.5 Å². The van der Waals surface area contributed by atoms with Crippen LogP contribution in [0.15, 0.2) is 53.3 Å². The Kier molecular flexibility index (Phi) is 5.75. The fourth-order valence-electron chi connectivity index (χ4n) is 3.16. The van der Waals surface area contributed by atoms with Gasteiger partial charge in [-0.3, -0.25) is 9.59 Å². The molecule has 0 aliphatic heterocycles. The average molecular weight is 362 g/mol. The van der Waals surface area contributed by atoms with E-state index in [1.54, 1.807) is 4.90 Å². The van der Waals surface area contributed by atoms with Crippen molar-refractivity contribution < 1.29 is 4.79 Å². The van der Waals surface area contributed by atoms with Crippen LogP contribution >= 0.6 is 0 Å². The molecule has 0 saturated heterocycles. The van der Waals surface area contributed by atoms with Crippen LogP contribution in [0.4, 0.5) is 0 Å². The molecule has 0 atom stereocenters. The molecule has 3 aromatic rings. The van der Waals surface area contributed by atoms with Gasteiger partial charge in [-0.1, -0.05) is 43.2 Å². The second-order valence-electron chi connectivity index (χ2n) is 7.16. The Hall–Kier alpha value is -2.88. The standard InChI is InChI=1S/C23H26N2O2/c1-4-5-12-25(23(27)18-9-6-16(2)7-10-18)15-20-14-19-11-8-17(3)13-21(19)24-22(20)26/h6-11,13-14H,4-5,12,15H2,1-3H3,(H,24,26). The van der Waals surface area contributed by atoms with Gasteiger partial charge in [-0.25, -0.2) is 0 Å². The molecule has 2 aromatic carbocycles. The molecule has 0 fully saturated rings. The summed E-state index contributed by atoms with van der Waals surface area (Å²) in [6, 6.07) is 15.5. The Morgan fingerprint density at radius 1 is 1.00 bits per heavy atom. The Balaban J connectivity index is 1.92. The molecule has 0 unspecified atom stereocenters. The zero-order valence-corrected chi connectivity index (χ0v) is 16.2. The van der Waals surface area contributed by atoms with Crippen molar-refractivity contribution in [3.63, 3.8) is 0 Å². The molecule has 140 valence electrons. The van der Waals surface area contributed by atoms with E-state index in [1.807, 2.05) is 62.4 Å². The van der Waals surface area contributed by atoms with E-state index < -0.39 is 0 Å². The monoisotopic (exact) mass is 362 g/mol. The third-order valence-electron chi connectivity index (χ3n) is 4.81. The Bertz CT molecular complexity index is 1000. The highest BCUT2D eigenvalue weighted by atomic mass is 16.2. The van der Waals surface area contributed by atoms with Gasteiger partial charge in [0.1, 0.15) is 0 Å². The number of aromatic amines is 1. The highest BCUT2D eigenvalue weighted by molar-refractivity contribution is 5.94. The van der Waals surface area contributed by atoms with Crippen molar-refractivity contribution in [3.8, 4) is 0 Å². The number of rotatable bonds is 6. The van der Waals surface area contributed by atoms with Crippen molar-refractivity contribution in [3.05, 3.63) is 81.1 Å². The Morgan fingerprint density at radius 2 is 1.70 bits per heavy atom. The first-order chi connectivity index (χ1) is 13.0. The molecule has 0 spiro atoms. The van der Waals surface area contributed by atoms with Crippen LogP contribution in [-0.2, 0) is 6.54 Å². The van der Waals surface area contributed by atoms with Gasteiger partial charge < -0.3 is 9.88 Å². The lowest BCUT2D eigenvalue weighted by molar-refractivity contribution is 0.0740. The lowest BCUT2D eigenvalue weighted by Crippen LogP contribution is -2.33. The van der Waals surface area contributed by atoms with Gasteiger partial charge in [0, 0.05) is 23.2 Å². The van der Waals surface area contributed by atoms with E-state index in [4.69, 9.17) is 0 Å². The maximum atomic E-state index is 13.0. The van der Waals surface area contributed by atoms with Crippen molar-refractivity contribution in [2.45, 2.75) is 40.2 Å². The smallest absolute Gasteiger partial charge is 0.254 e. The normalized spacial score (nSPS) is 10.9. The number of hydrogen-bond donors (Lipinski definition) is 1. The minimum atomic E-state index is -0.133. The number of amides is 1. The first kappa shape index (κ1) is 18.9. The molecule has 1 N–H and O–H groups in total. The fraction of sp³-hybridized carbons (Fsp3) is 0.304. The summed E-state index contributed by atoms with van der Waals surface area (Å²) < 4.78 is 0. The fourth-order valence-corrected chi connectivity index (χ4v) is 3.16. The van der Waals surface area contributed by atoms with E-state index >= 15 is 0 Å². The molecule has 0 aliphatic rings. The zero-order valence-electron chi connectivity index (χ0n) is 16.2. The van der Waals surface area contributed by atoms with Crippen molar-refractivity contribution in [1.82, 2.24) is 9.88 Å². The van der Waals surface area contributed by atoms with Crippen LogP contribution in [-0.4, -0.2) is 22.3 Å². The quantitative estimate of drug-likeness (QED) is 0.697. The van der Waals surface area contributed by atoms with Gasteiger partial charge in [-0.05, 0) is 55.5 Å². The van der Waals surface area contributed by atoms with Crippen molar-refractivity contribution in [1.29, 1.82) is 0 Å². The predicted octanol–water partition coefficient (Wildman–Crippen LogP) is 4.59. The SMILES string of the molecule is CCCCN(Cc1cc2ccc(C)cc2[nH]c1=O)C(=O)c1ccc(C)cc1. The number of carbonyl (C=O) groups excluding carboxylic acids is 1. The van der Waals surface area contributed by atoms with Gasteiger partial charge in [0.15, 0.2) is 0 Å². The summed E-state index contributed by atoms with van der Waals surface area (Å²) in [7, 11) is 0. The molecule has 0 bridgehead atoms. The van der Waals surface area contributed by atoms with Crippen LogP contribution in [0, 0.1) is 13.8 Å². The molecule has 1 heterocycles. The number of fused-ring (bicyclic) bond motifs is 1. The number of hydrogen-bond acceptors (Lipinski definition) is 2. The van der Waals surface area contributed by atoms with Crippen molar-refractivity contribution in [2.75, 3.05) is 6.54 Å². The van der Waals surface area contributed by atoms with E-state index in [2.05, 4.69) is 11.9 Å². The average Bonchev–Trinajstić information content (AvgIpc) is 2.65. The number of nitrogens with zero attached hydrogens (tertiary/aromatic N) is 1. The van der Waals surface area contributed by atoms with E-state index in [0.717, 1.165) is 34.9 Å². The zero-order chi connectivity index (χ0) is 19.4. The molecule has 3 rings (SSSR count). The maximum absolute atomic E-state index is 13.0. The molecular weight excluding hydrogens is 336 g/mol. The second-order valence-corrected chi connectivity index (χ2v) is 7.16. The number of aryl methyl sites for hydroxylation is 2. The van der Waals surface area contributed by atoms with Crippen LogP contribution in [0.2, 0.25) is 0 Å². The number of carbonyl (C=O) groups is 1. The van der Waals surface area contributed by atoms with Crippen LogP contribution in [0.1, 0.15) is 46.8 Å². The number of nitrogens with one attached hydrogen (secondary N) is 1. The number of pyridine rings is 1. The first-order valence-electron chi connectivity index (χ1n) is 9.46. The van der Waals surface area contributed by atoms with Crippen LogP contribution < -0.4 is 5.56 Å². The van der Waals surface area contributed by atoms with Gasteiger partial charge in [0.25, 0.3) is 11.5 Å². The van der Waals surface area contributed by atoms with Crippen molar-refractivity contribution in [2.24, 2.45) is 0 Å². The number of benzene rings is 2. The summed E-state index contributed by atoms with van der Waals surface area (Å²) in [5.74, 6) is -0.0353. The lowest BCUT2D eigenvalue weighted by atomic mass is 10.1. The summed E-state index contributed by atoms with van der Waals surface area (Å²) in [6.45, 7) is 7.04. The Morgan fingerprint density at radius 3 is 2.41 bits per heavy atom. The molecule has 4 nitrogen and oxygen atoms in total. The van der Waals surface area contributed by atoms with Gasteiger partial charge in [0.2, 0.25) is 0 Å². The van der Waals surface area contributed by atoms with Crippen molar-refractivity contribution >= 4 is 16.8 Å². The highest BCUT2D eigenvalue weighted by Crippen LogP contribution is 2.16. The van der Waals surface area contributed by atoms with Gasteiger partial charge >= 0.3 is 0 Å². The van der Waals surface area contributed by atoms with Crippen LogP contribution in [0.5, 0.6) is 0 Å². The van der Waals surface area contributed by atoms with E-state index in [0.29, 0.717) is 24.2 Å². The largest absolute Gasteiger partial charge is 0.334 e. The molecule has 4 heteroatoms. The van der Waals surface area contributed by atoms with E-state index in [1.165, 1.54) is 0 Å². The van der Waals surface area contributed by atoms with Crippen LogP contribution in [0.3, 0.4) is 0 Å². The number of unbranched alkanes of at least 4 members (excludes halogenated alkanes) is 1. The molecular formula is C23H26N2O2. The molecule has 0 saturated carbocycles. The van der Waals surface area contributed by atoms with Crippen LogP contribution in [0.25, 0.3) is 10.9 Å². The molecule has 1 aromatic heterocycles. The van der Waals surface area contributed by atoms with Gasteiger partial charge in [-0.15, -0.1) is 0 Å². The topological polar surface area (TPSA) is 53.2 Å². The summed E-state index contributed by atoms with van der Waals surface area (Å²) in [5.41, 5.74) is 4.19. The highest BCUT2D eigenvalue weighted by Gasteiger charge is 2.17. The number of aromatic nitrogens is 1. The summed E-state index contributed by atoms with van der Waals surface area (Å²) in [4.78, 5) is 30.3. The number of H-pyrrole nitrogens is 1. The second kappa shape index (κ2) is 8.21. The lowest BCUT2D eigenvalue weighted by Gasteiger charge is -2.23. The maximum Gasteiger partial charge on any atom is 0.254 e. The first-order valence-corrected chi connectivity index (χ1v) is 9.46. The Labute approximate surface area is 159 Å². The minimum absolute atomic E-state index is 0.0353. The third kappa shape index (κ3) is 4.45. The molecule has 27 heavy (non-hydrogen) atoms. The van der Waals surface area contributed by atoms with E-state index in [9.17, 15) is 9.59 Å². The predicted molar refractivity (Wildman–Crippen MR) is 110 cm³/mol. The molecule has 0 aliphatic carbocycles. The summed E-state index contributed by atoms with van der Waals surface area (Å²) in [6.07, 6.45) is 1.90. The van der Waals surface area contributed by atoms with Gasteiger partial charge in [0.05, 0.1) is 6.54 Å².